The van der Waals surface area contributed by atoms with Gasteiger partial charge in [0.2, 0.25) is 5.95 Å². The molecule has 0 aliphatic heterocycles. The van der Waals surface area contributed by atoms with Gasteiger partial charge in [-0.15, -0.1) is 5.10 Å². The Labute approximate surface area is 201 Å². The van der Waals surface area contributed by atoms with E-state index in [1.165, 1.54) is 60.1 Å². The highest BCUT2D eigenvalue weighted by molar-refractivity contribution is 5.94. The van der Waals surface area contributed by atoms with E-state index < -0.39 is 0 Å². The quantitative estimate of drug-likeness (QED) is 0.388. The third-order valence-electron chi connectivity index (χ3n) is 6.55. The number of nitrogens with one attached hydrogen (secondary N) is 1. The lowest BCUT2D eigenvalue weighted by atomic mass is 9.90. The van der Waals surface area contributed by atoms with Crippen molar-refractivity contribution in [3.63, 3.8) is 0 Å². The topological polar surface area (TPSA) is 88.3 Å². The molecular weight excluding hydrogens is 428 g/mol. The number of carbonyl (C=O) groups excluding carboxylic acids is 1. The molecule has 1 saturated carbocycles. The summed E-state index contributed by atoms with van der Waals surface area (Å²) in [5.41, 5.74) is 2.80. The molecule has 8 nitrogen and oxygen atoms in total. The largest absolute Gasteiger partial charge is 0.296 e. The first kappa shape index (κ1) is 25.6. The average Bonchev–Trinajstić information content (AvgIpc) is 3.37. The fourth-order valence-electron chi connectivity index (χ4n) is 3.95. The number of Topliss-reactive ketones (excluding diaryl/α,β-unsaturated/α-hetero) is 1. The molecule has 0 spiro atoms. The first-order valence-electron chi connectivity index (χ1n) is 12.2. The fourth-order valence-corrected chi connectivity index (χ4v) is 3.95. The summed E-state index contributed by atoms with van der Waals surface area (Å²) in [4.78, 5) is 28.6. The number of H-pyrrole nitrogens is 1. The van der Waals surface area contributed by atoms with E-state index in [9.17, 15) is 9.59 Å². The maximum absolute atomic E-state index is 11.9. The third kappa shape index (κ3) is 6.11. The summed E-state index contributed by atoms with van der Waals surface area (Å²) >= 11 is 0. The Balaban J connectivity index is 0.000000197. The summed E-state index contributed by atoms with van der Waals surface area (Å²) in [5.74, 6) is 1.04. The average molecular weight is 467 g/mol. The van der Waals surface area contributed by atoms with Gasteiger partial charge in [0, 0.05) is 25.3 Å². The molecule has 0 aromatic carbocycles. The minimum atomic E-state index is -0.255. The molecule has 3 aromatic rings. The van der Waals surface area contributed by atoms with Gasteiger partial charge >= 0.3 is 0 Å². The molecule has 1 unspecified atom stereocenters. The highest BCUT2D eigenvalue weighted by Gasteiger charge is 2.24. The molecule has 0 amide bonds. The lowest BCUT2D eigenvalue weighted by molar-refractivity contribution is 0.101. The van der Waals surface area contributed by atoms with Crippen molar-refractivity contribution in [3.8, 4) is 5.95 Å². The molecule has 0 bridgehead atoms. The van der Waals surface area contributed by atoms with Gasteiger partial charge in [-0.1, -0.05) is 38.3 Å². The van der Waals surface area contributed by atoms with E-state index in [2.05, 4.69) is 53.9 Å². The van der Waals surface area contributed by atoms with E-state index in [1.54, 1.807) is 25.3 Å². The van der Waals surface area contributed by atoms with Crippen molar-refractivity contribution >= 4 is 11.3 Å². The van der Waals surface area contributed by atoms with Crippen LogP contribution in [0.3, 0.4) is 0 Å². The number of hydrogen-bond donors (Lipinski definition) is 1. The summed E-state index contributed by atoms with van der Waals surface area (Å²) < 4.78 is 2.92. The Kier molecular flexibility index (Phi) is 8.61. The zero-order chi connectivity index (χ0) is 24.8. The number of aromatic nitrogens is 5. The summed E-state index contributed by atoms with van der Waals surface area (Å²) in [6, 6.07) is 4.29. The van der Waals surface area contributed by atoms with Crippen molar-refractivity contribution in [2.24, 2.45) is 5.92 Å². The van der Waals surface area contributed by atoms with E-state index >= 15 is 0 Å². The number of aromatic amines is 1. The lowest BCUT2D eigenvalue weighted by Crippen LogP contribution is -2.42. The third-order valence-corrected chi connectivity index (χ3v) is 6.55. The zero-order valence-electron chi connectivity index (χ0n) is 21.3. The summed E-state index contributed by atoms with van der Waals surface area (Å²) in [5, 5.41) is 8.34. The molecule has 1 fully saturated rings. The maximum atomic E-state index is 11.9. The first-order chi connectivity index (χ1) is 16.2. The number of rotatable bonds is 8. The van der Waals surface area contributed by atoms with Crippen molar-refractivity contribution < 1.29 is 4.79 Å². The highest BCUT2D eigenvalue weighted by Crippen LogP contribution is 2.26. The number of fused-ring (bicyclic) bond motifs is 1. The number of ketones is 1. The van der Waals surface area contributed by atoms with Crippen molar-refractivity contribution in [3.05, 3.63) is 57.8 Å². The molecule has 8 heteroatoms. The number of hydrogen-bond acceptors (Lipinski definition) is 5. The van der Waals surface area contributed by atoms with Crippen LogP contribution in [0.1, 0.15) is 76.4 Å². The molecular formula is C26H38N6O2. The van der Waals surface area contributed by atoms with Crippen LogP contribution in [0, 0.1) is 12.8 Å². The molecule has 3 heterocycles. The van der Waals surface area contributed by atoms with E-state index in [1.807, 2.05) is 0 Å². The van der Waals surface area contributed by atoms with Gasteiger partial charge in [0.1, 0.15) is 5.52 Å². The summed E-state index contributed by atoms with van der Waals surface area (Å²) in [6.07, 6.45) is 11.1. The van der Waals surface area contributed by atoms with E-state index in [0.29, 0.717) is 16.8 Å². The predicted molar refractivity (Wildman–Crippen MR) is 136 cm³/mol. The normalized spacial score (nSPS) is 14.4. The van der Waals surface area contributed by atoms with Crippen molar-refractivity contribution in [2.45, 2.75) is 73.3 Å². The van der Waals surface area contributed by atoms with Crippen LogP contribution in [0.15, 0.2) is 41.0 Å². The van der Waals surface area contributed by atoms with Crippen LogP contribution in [0.5, 0.6) is 0 Å². The second-order valence-corrected chi connectivity index (χ2v) is 9.56. The van der Waals surface area contributed by atoms with Crippen LogP contribution in [-0.2, 0) is 0 Å². The Bertz CT molecular complexity index is 1190. The first-order valence-corrected chi connectivity index (χ1v) is 12.2. The molecule has 1 aliphatic rings. The SMILES string of the molecule is CC(=O)c1cnn(-c2nn3cccc3c(=O)[nH]2)c1C.CCC(C)CN(CC=C(C)C)C1CCC1. The molecule has 4 rings (SSSR count). The Morgan fingerprint density at radius 2 is 2.06 bits per heavy atom. The number of nitrogens with zero attached hydrogens (tertiary/aromatic N) is 5. The molecule has 1 atom stereocenters. The van der Waals surface area contributed by atoms with Crippen molar-refractivity contribution in [2.75, 3.05) is 13.1 Å². The molecule has 1 aliphatic carbocycles. The number of allylic oxidation sites excluding steroid dienone is 1. The smallest absolute Gasteiger partial charge is 0.276 e. The summed E-state index contributed by atoms with van der Waals surface area (Å²) in [6.45, 7) is 14.7. The second-order valence-electron chi connectivity index (χ2n) is 9.56. The van der Waals surface area contributed by atoms with Gasteiger partial charge < -0.3 is 0 Å². The second kappa shape index (κ2) is 11.4. The molecule has 34 heavy (non-hydrogen) atoms. The van der Waals surface area contributed by atoms with Gasteiger partial charge in [-0.3, -0.25) is 19.5 Å². The molecule has 0 saturated heterocycles. The van der Waals surface area contributed by atoms with Crippen LogP contribution < -0.4 is 5.56 Å². The van der Waals surface area contributed by atoms with Gasteiger partial charge in [-0.2, -0.15) is 5.10 Å². The summed E-state index contributed by atoms with van der Waals surface area (Å²) in [7, 11) is 0. The van der Waals surface area contributed by atoms with Crippen molar-refractivity contribution in [1.82, 2.24) is 29.3 Å². The molecule has 3 aromatic heterocycles. The van der Waals surface area contributed by atoms with Gasteiger partial charge in [0.25, 0.3) is 5.56 Å². The minimum absolute atomic E-state index is 0.0758. The van der Waals surface area contributed by atoms with Gasteiger partial charge in [0.05, 0.1) is 17.5 Å². The molecule has 1 N–H and O–H groups in total. The molecule has 184 valence electrons. The standard InChI is InChI=1S/C14H27N.C12H11N5O2/c1-5-13(4)11-15(10-9-12(2)3)14-7-6-8-14;1-7-9(8(2)18)6-13-17(7)12-14-11(19)10-4-3-5-16(10)15-12/h9,13-14H,5-8,10-11H2,1-4H3;3-6H,1-2H3,(H,14,15,19). The number of carbonyl (C=O) groups is 1. The maximum Gasteiger partial charge on any atom is 0.276 e. The van der Waals surface area contributed by atoms with Crippen LogP contribution in [0.2, 0.25) is 0 Å². The van der Waals surface area contributed by atoms with E-state index in [-0.39, 0.29) is 17.3 Å². The van der Waals surface area contributed by atoms with Crippen LogP contribution in [-0.4, -0.2) is 54.2 Å². The zero-order valence-corrected chi connectivity index (χ0v) is 21.3. The van der Waals surface area contributed by atoms with Crippen LogP contribution >= 0.6 is 0 Å². The van der Waals surface area contributed by atoms with Crippen LogP contribution in [0.4, 0.5) is 0 Å². The lowest BCUT2D eigenvalue weighted by Gasteiger charge is -2.38. The van der Waals surface area contributed by atoms with Gasteiger partial charge in [0.15, 0.2) is 5.78 Å². The van der Waals surface area contributed by atoms with Crippen LogP contribution in [0.25, 0.3) is 11.5 Å². The van der Waals surface area contributed by atoms with E-state index in [4.69, 9.17) is 0 Å². The Morgan fingerprint density at radius 3 is 2.62 bits per heavy atom. The monoisotopic (exact) mass is 466 g/mol. The van der Waals surface area contributed by atoms with Gasteiger partial charge in [-0.25, -0.2) is 9.20 Å². The minimum Gasteiger partial charge on any atom is -0.296 e. The Morgan fingerprint density at radius 1 is 1.32 bits per heavy atom. The predicted octanol–water partition coefficient (Wildman–Crippen LogP) is 4.57. The Hall–Kier alpha value is -3.00. The van der Waals surface area contributed by atoms with Gasteiger partial charge in [-0.05, 0) is 58.6 Å². The fraction of sp³-hybridized carbons (Fsp3) is 0.538. The highest BCUT2D eigenvalue weighted by atomic mass is 16.1. The van der Waals surface area contributed by atoms with Crippen molar-refractivity contribution in [1.29, 1.82) is 0 Å². The molecule has 0 radical (unpaired) electrons. The van der Waals surface area contributed by atoms with E-state index in [0.717, 1.165) is 18.5 Å².